The highest BCUT2D eigenvalue weighted by atomic mass is 19.1. The molecule has 1 N–H and O–H groups in total. The Bertz CT molecular complexity index is 1580. The summed E-state index contributed by atoms with van der Waals surface area (Å²) in [5, 5.41) is 13.6. The first kappa shape index (κ1) is 26.2. The summed E-state index contributed by atoms with van der Waals surface area (Å²) >= 11 is 0. The number of aryl methyl sites for hydroxylation is 2. The van der Waals surface area contributed by atoms with E-state index in [1.165, 1.54) is 17.7 Å². The average molecular weight is 527 g/mol. The predicted molar refractivity (Wildman–Crippen MR) is 148 cm³/mol. The van der Waals surface area contributed by atoms with Crippen molar-refractivity contribution in [1.82, 2.24) is 30.1 Å². The van der Waals surface area contributed by atoms with E-state index in [9.17, 15) is 9.18 Å². The highest BCUT2D eigenvalue weighted by Crippen LogP contribution is 2.27. The first-order valence-electron chi connectivity index (χ1n) is 13.0. The van der Waals surface area contributed by atoms with Gasteiger partial charge in [-0.25, -0.2) is 9.07 Å². The van der Waals surface area contributed by atoms with Crippen molar-refractivity contribution in [2.24, 2.45) is 0 Å². The van der Waals surface area contributed by atoms with Crippen LogP contribution in [0.3, 0.4) is 0 Å². The van der Waals surface area contributed by atoms with Crippen LogP contribution < -0.4 is 10.3 Å². The molecule has 0 saturated heterocycles. The molecule has 200 valence electrons. The Balaban J connectivity index is 1.48. The summed E-state index contributed by atoms with van der Waals surface area (Å²) in [6, 6.07) is 23.9. The number of nitrogens with zero attached hydrogens (tertiary/aromatic N) is 5. The van der Waals surface area contributed by atoms with Gasteiger partial charge in [0.1, 0.15) is 11.6 Å². The average Bonchev–Trinajstić information content (AvgIpc) is 3.42. The molecule has 0 saturated carbocycles. The number of pyridine rings is 1. The molecular formula is C30H31FN6O2. The third kappa shape index (κ3) is 6.21. The number of aromatic nitrogens is 5. The van der Waals surface area contributed by atoms with Crippen molar-refractivity contribution in [3.8, 4) is 5.75 Å². The van der Waals surface area contributed by atoms with E-state index in [2.05, 4.69) is 44.5 Å². The maximum absolute atomic E-state index is 13.7. The van der Waals surface area contributed by atoms with E-state index < -0.39 is 0 Å². The number of tetrazole rings is 1. The highest BCUT2D eigenvalue weighted by molar-refractivity contribution is 5.80. The van der Waals surface area contributed by atoms with Crippen molar-refractivity contribution in [2.45, 2.75) is 45.4 Å². The number of hydrogen-bond donors (Lipinski definition) is 1. The number of hydrogen-bond acceptors (Lipinski definition) is 6. The van der Waals surface area contributed by atoms with Gasteiger partial charge in [0, 0.05) is 36.1 Å². The number of aromatic amines is 1. The Kier molecular flexibility index (Phi) is 8.07. The number of fused-ring (bicyclic) bond motifs is 1. The van der Waals surface area contributed by atoms with E-state index >= 15 is 0 Å². The Labute approximate surface area is 226 Å². The van der Waals surface area contributed by atoms with E-state index in [0.29, 0.717) is 37.4 Å². The molecule has 0 aliphatic heterocycles. The molecule has 5 aromatic rings. The van der Waals surface area contributed by atoms with Gasteiger partial charge in [0.2, 0.25) is 0 Å². The molecular weight excluding hydrogens is 495 g/mol. The fourth-order valence-electron chi connectivity index (χ4n) is 4.89. The maximum atomic E-state index is 13.7. The molecule has 39 heavy (non-hydrogen) atoms. The summed E-state index contributed by atoms with van der Waals surface area (Å²) in [7, 11) is 1.62. The van der Waals surface area contributed by atoms with Crippen molar-refractivity contribution >= 4 is 10.9 Å². The molecule has 0 aliphatic rings. The molecule has 5 rings (SSSR count). The topological polar surface area (TPSA) is 88.9 Å². The first-order valence-corrected chi connectivity index (χ1v) is 13.0. The minimum atomic E-state index is -0.290. The molecule has 0 bridgehead atoms. The molecule has 0 unspecified atom stereocenters. The largest absolute Gasteiger partial charge is 0.497 e. The summed E-state index contributed by atoms with van der Waals surface area (Å²) in [5.74, 6) is 1.16. The molecule has 3 aromatic carbocycles. The van der Waals surface area contributed by atoms with E-state index in [4.69, 9.17) is 4.74 Å². The SMILES string of the molecule is CC[C@@H](c1nnnn1CCc1ccccc1)N(Cc1ccc(F)cc1)Cc1cc2cc(OC)ccc2[nH]c1=O. The number of H-pyrrole nitrogens is 1. The summed E-state index contributed by atoms with van der Waals surface area (Å²) in [6.45, 7) is 3.54. The lowest BCUT2D eigenvalue weighted by atomic mass is 10.1. The van der Waals surface area contributed by atoms with Crippen molar-refractivity contribution in [3.05, 3.63) is 118 Å². The summed E-state index contributed by atoms with van der Waals surface area (Å²) in [4.78, 5) is 18.3. The third-order valence-corrected chi connectivity index (χ3v) is 6.94. The predicted octanol–water partition coefficient (Wildman–Crippen LogP) is 5.06. The fraction of sp³-hybridized carbons (Fsp3) is 0.267. The van der Waals surface area contributed by atoms with Crippen LogP contribution in [0, 0.1) is 5.82 Å². The molecule has 0 fully saturated rings. The Hall–Kier alpha value is -4.37. The molecule has 2 aromatic heterocycles. The van der Waals surface area contributed by atoms with Crippen molar-refractivity contribution in [1.29, 1.82) is 0 Å². The lowest BCUT2D eigenvalue weighted by Gasteiger charge is -2.30. The molecule has 8 nitrogen and oxygen atoms in total. The second-order valence-electron chi connectivity index (χ2n) is 9.53. The van der Waals surface area contributed by atoms with Crippen molar-refractivity contribution in [3.63, 3.8) is 0 Å². The number of nitrogens with one attached hydrogen (secondary N) is 1. The summed E-state index contributed by atoms with van der Waals surface area (Å²) < 4.78 is 20.9. The van der Waals surface area contributed by atoms with E-state index in [-0.39, 0.29) is 17.4 Å². The molecule has 0 aliphatic carbocycles. The van der Waals surface area contributed by atoms with Crippen LogP contribution in [0.5, 0.6) is 5.75 Å². The van der Waals surface area contributed by atoms with Gasteiger partial charge in [-0.05, 0) is 70.8 Å². The number of benzene rings is 3. The van der Waals surface area contributed by atoms with Gasteiger partial charge in [0.05, 0.1) is 13.2 Å². The Morgan fingerprint density at radius 1 is 1.00 bits per heavy atom. The first-order chi connectivity index (χ1) is 19.0. The van der Waals surface area contributed by atoms with Crippen molar-refractivity contribution < 1.29 is 9.13 Å². The monoisotopic (exact) mass is 526 g/mol. The normalized spacial score (nSPS) is 12.2. The Morgan fingerprint density at radius 2 is 1.79 bits per heavy atom. The summed E-state index contributed by atoms with van der Waals surface area (Å²) in [6.07, 6.45) is 1.51. The zero-order valence-corrected chi connectivity index (χ0v) is 22.0. The molecule has 9 heteroatoms. The van der Waals surface area contributed by atoms with E-state index in [1.807, 2.05) is 47.1 Å². The number of halogens is 1. The second-order valence-corrected chi connectivity index (χ2v) is 9.53. The highest BCUT2D eigenvalue weighted by Gasteiger charge is 2.26. The van der Waals surface area contributed by atoms with Crippen LogP contribution in [0.4, 0.5) is 4.39 Å². The number of rotatable bonds is 11. The second kappa shape index (κ2) is 12.0. The zero-order chi connectivity index (χ0) is 27.2. The molecule has 0 amide bonds. The van der Waals surface area contributed by atoms with Gasteiger partial charge in [0.25, 0.3) is 5.56 Å². The van der Waals surface area contributed by atoms with Crippen LogP contribution in [0.1, 0.15) is 41.9 Å². The van der Waals surface area contributed by atoms with Crippen LogP contribution in [0.25, 0.3) is 10.9 Å². The van der Waals surface area contributed by atoms with Crippen LogP contribution in [-0.2, 0) is 26.1 Å². The van der Waals surface area contributed by atoms with Gasteiger partial charge in [-0.15, -0.1) is 5.10 Å². The van der Waals surface area contributed by atoms with Gasteiger partial charge in [-0.2, -0.15) is 0 Å². The third-order valence-electron chi connectivity index (χ3n) is 6.94. The molecule has 0 radical (unpaired) electrons. The quantitative estimate of drug-likeness (QED) is 0.259. The smallest absolute Gasteiger partial charge is 0.252 e. The standard InChI is InChI=1S/C30H31FN6O2/c1-3-28(29-33-34-35-37(29)16-15-21-7-5-4-6-8-21)36(19-22-9-11-25(31)12-10-22)20-24-17-23-18-26(39-2)13-14-27(23)32-30(24)38/h4-14,17-18,28H,3,15-16,19-20H2,1-2H3,(H,32,38)/t28-/m0/s1. The van der Waals surface area contributed by atoms with Crippen LogP contribution in [-0.4, -0.2) is 37.2 Å². The van der Waals surface area contributed by atoms with Gasteiger partial charge in [0.15, 0.2) is 5.82 Å². The Morgan fingerprint density at radius 3 is 2.54 bits per heavy atom. The maximum Gasteiger partial charge on any atom is 0.252 e. The van der Waals surface area contributed by atoms with Crippen LogP contribution in [0.2, 0.25) is 0 Å². The molecule has 0 spiro atoms. The van der Waals surface area contributed by atoms with Crippen molar-refractivity contribution in [2.75, 3.05) is 7.11 Å². The number of methoxy groups -OCH3 is 1. The van der Waals surface area contributed by atoms with Gasteiger partial charge >= 0.3 is 0 Å². The minimum Gasteiger partial charge on any atom is -0.497 e. The van der Waals surface area contributed by atoms with Crippen LogP contribution in [0.15, 0.2) is 83.7 Å². The van der Waals surface area contributed by atoms with E-state index in [1.54, 1.807) is 19.2 Å². The van der Waals surface area contributed by atoms with Gasteiger partial charge in [-0.3, -0.25) is 9.69 Å². The zero-order valence-electron chi connectivity index (χ0n) is 22.0. The van der Waals surface area contributed by atoms with Crippen LogP contribution >= 0.6 is 0 Å². The van der Waals surface area contributed by atoms with Gasteiger partial charge in [-0.1, -0.05) is 49.4 Å². The minimum absolute atomic E-state index is 0.157. The molecule has 1 atom stereocenters. The summed E-state index contributed by atoms with van der Waals surface area (Å²) in [5.41, 5.74) is 3.33. The molecule has 2 heterocycles. The lowest BCUT2D eigenvalue weighted by Crippen LogP contribution is -2.32. The lowest BCUT2D eigenvalue weighted by molar-refractivity contribution is 0.160. The van der Waals surface area contributed by atoms with Gasteiger partial charge < -0.3 is 9.72 Å². The fourth-order valence-corrected chi connectivity index (χ4v) is 4.89. The van der Waals surface area contributed by atoms with E-state index in [0.717, 1.165) is 28.7 Å². The number of ether oxygens (including phenoxy) is 1.